The molecule has 1 saturated carbocycles. The van der Waals surface area contributed by atoms with Gasteiger partial charge in [-0.3, -0.25) is 4.79 Å². The molecule has 2 aliphatic carbocycles. The van der Waals surface area contributed by atoms with Gasteiger partial charge >= 0.3 is 0 Å². The average molecular weight is 449 g/mol. The van der Waals surface area contributed by atoms with Crippen LogP contribution in [-0.2, 0) is 16.0 Å². The van der Waals surface area contributed by atoms with Crippen LogP contribution in [0.1, 0.15) is 50.1 Å². The number of carbonyl (C=O) groups excluding carboxylic acids is 1. The molecule has 0 aliphatic heterocycles. The second-order valence-electron chi connectivity index (χ2n) is 9.25. The first kappa shape index (κ1) is 21.9. The van der Waals surface area contributed by atoms with E-state index in [9.17, 15) is 9.90 Å². The summed E-state index contributed by atoms with van der Waals surface area (Å²) in [5, 5.41) is 19.8. The highest BCUT2D eigenvalue weighted by Gasteiger charge is 2.53. The topological polar surface area (TPSA) is 71.5 Å². The quantitative estimate of drug-likeness (QED) is 0.646. The van der Waals surface area contributed by atoms with Crippen molar-refractivity contribution in [2.24, 2.45) is 23.2 Å². The molecule has 6 atom stereocenters. The van der Waals surface area contributed by atoms with E-state index in [1.54, 1.807) is 18.4 Å². The lowest BCUT2D eigenvalue weighted by Gasteiger charge is -2.53. The van der Waals surface area contributed by atoms with E-state index in [0.717, 1.165) is 30.0 Å². The summed E-state index contributed by atoms with van der Waals surface area (Å²) in [4.78, 5) is 19.0. The summed E-state index contributed by atoms with van der Waals surface area (Å²) in [5.41, 5.74) is 2.40. The zero-order chi connectivity index (χ0) is 21.5. The molecule has 2 N–H and O–H groups in total. The molecule has 0 radical (unpaired) electrons. The van der Waals surface area contributed by atoms with Gasteiger partial charge in [0.15, 0.2) is 0 Å². The number of hydrogen-bond donors (Lipinski definition) is 2. The van der Waals surface area contributed by atoms with Gasteiger partial charge in [-0.2, -0.15) is 11.3 Å². The van der Waals surface area contributed by atoms with Crippen molar-refractivity contribution in [3.05, 3.63) is 27.4 Å². The van der Waals surface area contributed by atoms with Gasteiger partial charge in [-0.15, -0.1) is 11.3 Å². The number of hydrogen-bond acceptors (Lipinski definition) is 6. The minimum absolute atomic E-state index is 0.0113. The maximum atomic E-state index is 12.6. The molecule has 0 unspecified atom stereocenters. The van der Waals surface area contributed by atoms with Gasteiger partial charge in [-0.05, 0) is 48.0 Å². The van der Waals surface area contributed by atoms with Gasteiger partial charge in [0.25, 0.3) is 0 Å². The number of aliphatic hydroxyl groups is 1. The van der Waals surface area contributed by atoms with E-state index in [0.29, 0.717) is 13.2 Å². The molecule has 4 rings (SSSR count). The maximum absolute atomic E-state index is 12.6. The summed E-state index contributed by atoms with van der Waals surface area (Å²) in [7, 11) is 1.63. The number of amides is 1. The second kappa shape index (κ2) is 8.69. The van der Waals surface area contributed by atoms with Gasteiger partial charge in [0.05, 0.1) is 18.4 Å². The van der Waals surface area contributed by atoms with E-state index in [1.165, 1.54) is 10.4 Å². The first-order valence-corrected chi connectivity index (χ1v) is 12.6. The van der Waals surface area contributed by atoms with Crippen molar-refractivity contribution >= 4 is 28.6 Å². The molecule has 5 nitrogen and oxygen atoms in total. The molecule has 2 heterocycles. The van der Waals surface area contributed by atoms with E-state index >= 15 is 0 Å². The number of aliphatic hydroxyl groups excluding tert-OH is 1. The normalized spacial score (nSPS) is 31.6. The fourth-order valence-electron chi connectivity index (χ4n) is 5.69. The number of rotatable bonds is 6. The molecule has 2 aliphatic rings. The largest absolute Gasteiger partial charge is 0.392 e. The Balaban J connectivity index is 1.56. The minimum Gasteiger partial charge on any atom is -0.392 e. The molecule has 0 saturated heterocycles. The van der Waals surface area contributed by atoms with Crippen molar-refractivity contribution in [2.75, 3.05) is 20.3 Å². The number of aromatic nitrogens is 1. The van der Waals surface area contributed by atoms with Crippen LogP contribution in [0.3, 0.4) is 0 Å². The van der Waals surface area contributed by atoms with Gasteiger partial charge in [-0.25, -0.2) is 4.98 Å². The van der Waals surface area contributed by atoms with Crippen molar-refractivity contribution in [3.8, 4) is 10.6 Å². The minimum atomic E-state index is -0.499. The number of thiophene rings is 1. The summed E-state index contributed by atoms with van der Waals surface area (Å²) in [5.74, 6) is 0.0769. The van der Waals surface area contributed by atoms with Gasteiger partial charge in [0.2, 0.25) is 5.91 Å². The lowest BCUT2D eigenvalue weighted by molar-refractivity contribution is -0.135. The van der Waals surface area contributed by atoms with Crippen molar-refractivity contribution in [1.82, 2.24) is 10.3 Å². The Bertz CT molecular complexity index is 881. The summed E-state index contributed by atoms with van der Waals surface area (Å²) >= 11 is 3.51. The van der Waals surface area contributed by atoms with Crippen molar-refractivity contribution in [2.45, 2.75) is 52.1 Å². The van der Waals surface area contributed by atoms with Crippen LogP contribution in [0.25, 0.3) is 10.6 Å². The van der Waals surface area contributed by atoms with Crippen LogP contribution >= 0.6 is 22.7 Å². The number of methoxy groups -OCH3 is 1. The highest BCUT2D eigenvalue weighted by molar-refractivity contribution is 7.15. The van der Waals surface area contributed by atoms with E-state index in [-0.39, 0.29) is 35.0 Å². The maximum Gasteiger partial charge on any atom is 0.223 e. The number of ether oxygens (including phenoxy) is 1. The van der Waals surface area contributed by atoms with Crippen LogP contribution in [-0.4, -0.2) is 42.4 Å². The predicted molar refractivity (Wildman–Crippen MR) is 122 cm³/mol. The number of fused-ring (bicyclic) bond motifs is 2. The molecular formula is C23H32N2O3S2. The summed E-state index contributed by atoms with van der Waals surface area (Å²) in [6.45, 7) is 7.50. The van der Waals surface area contributed by atoms with Crippen molar-refractivity contribution < 1.29 is 14.6 Å². The highest BCUT2D eigenvalue weighted by atomic mass is 32.1. The molecular weight excluding hydrogens is 416 g/mol. The molecule has 7 heteroatoms. The molecule has 30 heavy (non-hydrogen) atoms. The molecule has 1 fully saturated rings. The third-order valence-electron chi connectivity index (χ3n) is 7.35. The molecule has 0 aromatic carbocycles. The summed E-state index contributed by atoms with van der Waals surface area (Å²) < 4.78 is 5.03. The Morgan fingerprint density at radius 2 is 2.30 bits per heavy atom. The molecule has 2 aromatic rings. The average Bonchev–Trinajstić information content (AvgIpc) is 3.37. The summed E-state index contributed by atoms with van der Waals surface area (Å²) in [6, 6.07) is 2.13. The molecule has 1 amide bonds. The number of nitrogens with zero attached hydrogens (tertiary/aromatic N) is 1. The Labute approximate surface area is 186 Å². The Kier molecular flexibility index (Phi) is 6.35. The Morgan fingerprint density at radius 1 is 1.50 bits per heavy atom. The number of thiazole rings is 1. The van der Waals surface area contributed by atoms with Crippen LogP contribution in [0.4, 0.5) is 0 Å². The lowest BCUT2D eigenvalue weighted by Crippen LogP contribution is -2.53. The fourth-order valence-corrected chi connectivity index (χ4v) is 7.76. The third kappa shape index (κ3) is 3.85. The first-order valence-electron chi connectivity index (χ1n) is 10.8. The fraction of sp³-hybridized carbons (Fsp3) is 0.652. The zero-order valence-electron chi connectivity index (χ0n) is 18.2. The predicted octanol–water partition coefficient (Wildman–Crippen LogP) is 4.32. The van der Waals surface area contributed by atoms with Crippen LogP contribution in [0.15, 0.2) is 16.8 Å². The highest BCUT2D eigenvalue weighted by Crippen LogP contribution is 2.57. The summed E-state index contributed by atoms with van der Waals surface area (Å²) in [6.07, 6.45) is 2.38. The van der Waals surface area contributed by atoms with Gasteiger partial charge < -0.3 is 15.2 Å². The van der Waals surface area contributed by atoms with E-state index < -0.39 is 6.10 Å². The van der Waals surface area contributed by atoms with E-state index in [2.05, 4.69) is 36.0 Å². The number of carbonyl (C=O) groups is 1. The standard InChI is InChI=1S/C23H32N2O3S2/c1-13(21(27)24-8-9-28-4)16-5-7-23(3)11-17-19(14(2)18(23)20(16)26)25-22(30-17)15-6-10-29-12-15/h6,10,12-14,16,18,20,26H,5,7-9,11H2,1-4H3,(H,24,27)/t13-,14-,16+,18+,20-,23-/m0/s1. The lowest BCUT2D eigenvalue weighted by atomic mass is 9.53. The van der Waals surface area contributed by atoms with Gasteiger partial charge in [0, 0.05) is 41.3 Å². The first-order chi connectivity index (χ1) is 14.4. The number of nitrogens with one attached hydrogen (secondary N) is 1. The molecule has 0 spiro atoms. The molecule has 164 valence electrons. The van der Waals surface area contributed by atoms with Crippen LogP contribution < -0.4 is 5.32 Å². The van der Waals surface area contributed by atoms with E-state index in [4.69, 9.17) is 9.72 Å². The van der Waals surface area contributed by atoms with Crippen molar-refractivity contribution in [3.63, 3.8) is 0 Å². The Hall–Kier alpha value is -1.28. The third-order valence-corrected chi connectivity index (χ3v) is 9.15. The van der Waals surface area contributed by atoms with Crippen LogP contribution in [0.2, 0.25) is 0 Å². The van der Waals surface area contributed by atoms with Crippen LogP contribution in [0, 0.1) is 23.2 Å². The smallest absolute Gasteiger partial charge is 0.223 e. The zero-order valence-corrected chi connectivity index (χ0v) is 19.8. The molecule has 0 bridgehead atoms. The molecule has 2 aromatic heterocycles. The van der Waals surface area contributed by atoms with Crippen LogP contribution in [0.5, 0.6) is 0 Å². The Morgan fingerprint density at radius 3 is 3.00 bits per heavy atom. The van der Waals surface area contributed by atoms with Gasteiger partial charge in [0.1, 0.15) is 5.01 Å². The monoisotopic (exact) mass is 448 g/mol. The van der Waals surface area contributed by atoms with E-state index in [1.807, 2.05) is 18.3 Å². The van der Waals surface area contributed by atoms with Crippen molar-refractivity contribution in [1.29, 1.82) is 0 Å². The second-order valence-corrected chi connectivity index (χ2v) is 11.1. The van der Waals surface area contributed by atoms with Gasteiger partial charge in [-0.1, -0.05) is 20.8 Å². The SMILES string of the molecule is COCCNC(=O)[C@@H](C)[C@H]1CC[C@@]2(C)Cc3sc(-c4ccsc4)nc3[C@@H](C)[C@@H]2[C@H]1O.